The summed E-state index contributed by atoms with van der Waals surface area (Å²) in [7, 11) is 0. The summed E-state index contributed by atoms with van der Waals surface area (Å²) in [5, 5.41) is 18.1. The van der Waals surface area contributed by atoms with Gasteiger partial charge in [0, 0.05) is 12.0 Å². The lowest BCUT2D eigenvalue weighted by Gasteiger charge is -2.32. The molecule has 0 saturated carbocycles. The van der Waals surface area contributed by atoms with Crippen LogP contribution in [0.1, 0.15) is 35.2 Å². The van der Waals surface area contributed by atoms with E-state index >= 15 is 0 Å². The Morgan fingerprint density at radius 1 is 1.21 bits per heavy atom. The molecule has 0 amide bonds. The first-order valence-electron chi connectivity index (χ1n) is 6.05. The quantitative estimate of drug-likeness (QED) is 0.806. The Morgan fingerprint density at radius 2 is 1.89 bits per heavy atom. The molecule has 2 N–H and O–H groups in total. The van der Waals surface area contributed by atoms with Crippen molar-refractivity contribution < 1.29 is 24.6 Å². The zero-order valence-corrected chi connectivity index (χ0v) is 10.3. The van der Waals surface area contributed by atoms with Crippen LogP contribution in [0.25, 0.3) is 0 Å². The molecule has 1 aromatic rings. The summed E-state index contributed by atoms with van der Waals surface area (Å²) in [6.45, 7) is 0. The number of aryl methyl sites for hydroxylation is 1. The predicted octanol–water partition coefficient (Wildman–Crippen LogP) is 1.75. The van der Waals surface area contributed by atoms with Crippen LogP contribution in [0.3, 0.4) is 0 Å². The number of aliphatic carboxylic acids is 2. The number of carboxylic acid groups (broad SMARTS) is 2. The van der Waals surface area contributed by atoms with Crippen molar-refractivity contribution in [2.45, 2.75) is 25.7 Å². The number of fused-ring (bicyclic) bond motifs is 1. The molecular weight excluding hydrogens is 248 g/mol. The molecule has 1 atom stereocenters. The molecule has 100 valence electrons. The molecule has 0 aliphatic heterocycles. The number of hydrogen-bond donors (Lipinski definition) is 2. The minimum Gasteiger partial charge on any atom is -0.481 e. The highest BCUT2D eigenvalue weighted by Gasteiger charge is 2.48. The van der Waals surface area contributed by atoms with Crippen LogP contribution in [0, 0.1) is 5.41 Å². The van der Waals surface area contributed by atoms with E-state index in [-0.39, 0.29) is 19.3 Å². The van der Waals surface area contributed by atoms with E-state index in [1.807, 2.05) is 0 Å². The van der Waals surface area contributed by atoms with Crippen LogP contribution < -0.4 is 0 Å². The predicted molar refractivity (Wildman–Crippen MR) is 66.0 cm³/mol. The Balaban J connectivity index is 2.39. The fourth-order valence-corrected chi connectivity index (χ4v) is 2.55. The topological polar surface area (TPSA) is 91.7 Å². The highest BCUT2D eigenvalue weighted by atomic mass is 16.4. The van der Waals surface area contributed by atoms with E-state index in [2.05, 4.69) is 0 Å². The molecule has 1 aliphatic rings. The fraction of sp³-hybridized carbons (Fsp3) is 0.357. The van der Waals surface area contributed by atoms with E-state index < -0.39 is 23.1 Å². The number of carbonyl (C=O) groups excluding carboxylic acids is 1. The van der Waals surface area contributed by atoms with Gasteiger partial charge >= 0.3 is 11.9 Å². The standard InChI is InChI=1S/C14H14O5/c15-11(16)6-8-14(13(18)19)7-5-9-3-1-2-4-10(9)12(14)17/h1-4H,5-8H2,(H,15,16)(H,18,19). The smallest absolute Gasteiger partial charge is 0.317 e. The third-order valence-electron chi connectivity index (χ3n) is 3.69. The van der Waals surface area contributed by atoms with Gasteiger partial charge in [-0.15, -0.1) is 0 Å². The molecule has 1 aromatic carbocycles. The van der Waals surface area contributed by atoms with E-state index in [1.54, 1.807) is 24.3 Å². The number of hydrogen-bond acceptors (Lipinski definition) is 3. The first kappa shape index (κ1) is 13.3. The molecule has 1 aliphatic carbocycles. The average Bonchev–Trinajstić information content (AvgIpc) is 2.38. The largest absolute Gasteiger partial charge is 0.481 e. The highest BCUT2D eigenvalue weighted by Crippen LogP contribution is 2.39. The van der Waals surface area contributed by atoms with E-state index in [9.17, 15) is 19.5 Å². The number of benzene rings is 1. The van der Waals surface area contributed by atoms with Gasteiger partial charge in [-0.05, 0) is 24.8 Å². The van der Waals surface area contributed by atoms with Gasteiger partial charge in [-0.1, -0.05) is 24.3 Å². The Bertz CT molecular complexity index is 549. The van der Waals surface area contributed by atoms with Crippen LogP contribution in [0.2, 0.25) is 0 Å². The second-order valence-corrected chi connectivity index (χ2v) is 4.77. The molecule has 0 saturated heterocycles. The Labute approximate surface area is 109 Å². The van der Waals surface area contributed by atoms with Gasteiger partial charge in [-0.3, -0.25) is 14.4 Å². The molecule has 0 radical (unpaired) electrons. The lowest BCUT2D eigenvalue weighted by Crippen LogP contribution is -2.43. The van der Waals surface area contributed by atoms with Crippen LogP contribution >= 0.6 is 0 Å². The van der Waals surface area contributed by atoms with E-state index in [0.29, 0.717) is 12.0 Å². The van der Waals surface area contributed by atoms with Gasteiger partial charge < -0.3 is 10.2 Å². The van der Waals surface area contributed by atoms with Crippen molar-refractivity contribution in [1.29, 1.82) is 0 Å². The van der Waals surface area contributed by atoms with Crippen LogP contribution in [0.5, 0.6) is 0 Å². The van der Waals surface area contributed by atoms with Crippen molar-refractivity contribution in [2.75, 3.05) is 0 Å². The maximum absolute atomic E-state index is 12.4. The number of rotatable bonds is 4. The highest BCUT2D eigenvalue weighted by molar-refractivity contribution is 6.13. The van der Waals surface area contributed by atoms with Crippen molar-refractivity contribution in [1.82, 2.24) is 0 Å². The van der Waals surface area contributed by atoms with Crippen molar-refractivity contribution in [3.8, 4) is 0 Å². The molecule has 0 spiro atoms. The van der Waals surface area contributed by atoms with Crippen LogP contribution in [0.15, 0.2) is 24.3 Å². The Morgan fingerprint density at radius 3 is 2.53 bits per heavy atom. The lowest BCUT2D eigenvalue weighted by molar-refractivity contribution is -0.147. The van der Waals surface area contributed by atoms with E-state index in [0.717, 1.165) is 5.56 Å². The second-order valence-electron chi connectivity index (χ2n) is 4.77. The lowest BCUT2D eigenvalue weighted by atomic mass is 9.68. The van der Waals surface area contributed by atoms with Gasteiger partial charge in [-0.25, -0.2) is 0 Å². The fourth-order valence-electron chi connectivity index (χ4n) is 2.55. The van der Waals surface area contributed by atoms with Gasteiger partial charge in [0.2, 0.25) is 0 Å². The monoisotopic (exact) mass is 262 g/mol. The van der Waals surface area contributed by atoms with Gasteiger partial charge in [0.1, 0.15) is 5.41 Å². The Hall–Kier alpha value is -2.17. The first-order valence-corrected chi connectivity index (χ1v) is 6.05. The molecule has 0 fully saturated rings. The second kappa shape index (κ2) is 4.84. The van der Waals surface area contributed by atoms with E-state index in [4.69, 9.17) is 5.11 Å². The molecule has 2 rings (SSSR count). The molecule has 5 heteroatoms. The minimum absolute atomic E-state index is 0.158. The average molecular weight is 262 g/mol. The van der Waals surface area contributed by atoms with Gasteiger partial charge in [0.05, 0.1) is 0 Å². The normalized spacial score (nSPS) is 21.8. The summed E-state index contributed by atoms with van der Waals surface area (Å²) in [6.07, 6.45) is 0.157. The van der Waals surface area contributed by atoms with Gasteiger partial charge in [0.25, 0.3) is 0 Å². The molecule has 0 heterocycles. The van der Waals surface area contributed by atoms with Crippen molar-refractivity contribution in [2.24, 2.45) is 5.41 Å². The summed E-state index contributed by atoms with van der Waals surface area (Å²) in [5.41, 5.74) is -0.353. The first-order chi connectivity index (χ1) is 8.97. The summed E-state index contributed by atoms with van der Waals surface area (Å²) >= 11 is 0. The number of carbonyl (C=O) groups is 3. The molecule has 5 nitrogen and oxygen atoms in total. The number of ketones is 1. The maximum Gasteiger partial charge on any atom is 0.317 e. The summed E-state index contributed by atoms with van der Waals surface area (Å²) in [4.78, 5) is 34.6. The zero-order chi connectivity index (χ0) is 14.0. The van der Waals surface area contributed by atoms with Crippen LogP contribution in [-0.2, 0) is 16.0 Å². The zero-order valence-electron chi connectivity index (χ0n) is 10.3. The summed E-state index contributed by atoms with van der Waals surface area (Å²) in [6, 6.07) is 6.90. The molecule has 19 heavy (non-hydrogen) atoms. The molecule has 1 unspecified atom stereocenters. The number of carboxylic acids is 2. The van der Waals surface area contributed by atoms with Crippen molar-refractivity contribution in [3.63, 3.8) is 0 Å². The van der Waals surface area contributed by atoms with Gasteiger partial charge in [0.15, 0.2) is 5.78 Å². The Kier molecular flexibility index (Phi) is 3.38. The summed E-state index contributed by atoms with van der Waals surface area (Å²) in [5.74, 6) is -2.79. The minimum atomic E-state index is -1.59. The van der Waals surface area contributed by atoms with Crippen LogP contribution in [0.4, 0.5) is 0 Å². The molecule has 0 bridgehead atoms. The molecule has 0 aromatic heterocycles. The third kappa shape index (κ3) is 2.23. The van der Waals surface area contributed by atoms with Gasteiger partial charge in [-0.2, -0.15) is 0 Å². The van der Waals surface area contributed by atoms with Crippen LogP contribution in [-0.4, -0.2) is 27.9 Å². The number of Topliss-reactive ketones (excluding diaryl/α,β-unsaturated/α-hetero) is 1. The SMILES string of the molecule is O=C(O)CCC1(C(=O)O)CCc2ccccc2C1=O. The van der Waals surface area contributed by atoms with E-state index in [1.165, 1.54) is 0 Å². The molecular formula is C14H14O5. The van der Waals surface area contributed by atoms with Crippen molar-refractivity contribution >= 4 is 17.7 Å². The maximum atomic E-state index is 12.4. The summed E-state index contributed by atoms with van der Waals surface area (Å²) < 4.78 is 0. The van der Waals surface area contributed by atoms with Crippen molar-refractivity contribution in [3.05, 3.63) is 35.4 Å². The third-order valence-corrected chi connectivity index (χ3v) is 3.69.